The highest BCUT2D eigenvalue weighted by Gasteiger charge is 2.22. The first kappa shape index (κ1) is 22.8. The van der Waals surface area contributed by atoms with Crippen molar-refractivity contribution in [3.63, 3.8) is 0 Å². The molecule has 2 aromatic rings. The van der Waals surface area contributed by atoms with Crippen LogP contribution in [0.1, 0.15) is 13.3 Å². The number of carbonyl (C=O) groups excluding carboxylic acids is 3. The number of amides is 4. The van der Waals surface area contributed by atoms with Crippen molar-refractivity contribution in [1.29, 1.82) is 0 Å². The van der Waals surface area contributed by atoms with Crippen molar-refractivity contribution in [2.24, 2.45) is 0 Å². The van der Waals surface area contributed by atoms with Crippen LogP contribution in [0.15, 0.2) is 36.7 Å². The molecule has 11 heteroatoms. The molecular formula is C21H27N7O4. The standard InChI is InChI=1S/C21H27N7O4/c1-15(29)25-16-4-5-18(32-2)17(14-16)26-21(31)24-9-6-19(30)27-10-12-28(13-11-27)20-22-7-3-8-23-20/h3-5,7-8,14H,6,9-13H2,1-2H3,(H,25,29)(H2,24,26,31). The molecule has 0 bridgehead atoms. The Morgan fingerprint density at radius 1 is 1.06 bits per heavy atom. The average Bonchev–Trinajstić information content (AvgIpc) is 2.79. The SMILES string of the molecule is COc1ccc(NC(C)=O)cc1NC(=O)NCCC(=O)N1CCN(c2ncccn2)CC1. The molecule has 0 unspecified atom stereocenters. The van der Waals surface area contributed by atoms with E-state index < -0.39 is 6.03 Å². The second-order valence-electron chi connectivity index (χ2n) is 7.14. The van der Waals surface area contributed by atoms with E-state index in [2.05, 4.69) is 25.9 Å². The number of ether oxygens (including phenoxy) is 1. The molecule has 1 saturated heterocycles. The first-order valence-electron chi connectivity index (χ1n) is 10.3. The molecule has 1 fully saturated rings. The van der Waals surface area contributed by atoms with Crippen LogP contribution in [0.4, 0.5) is 22.1 Å². The lowest BCUT2D eigenvalue weighted by atomic mass is 10.2. The molecular weight excluding hydrogens is 414 g/mol. The van der Waals surface area contributed by atoms with Gasteiger partial charge in [-0.05, 0) is 24.3 Å². The van der Waals surface area contributed by atoms with Crippen molar-refractivity contribution in [2.75, 3.05) is 55.4 Å². The van der Waals surface area contributed by atoms with Crippen LogP contribution in [0, 0.1) is 0 Å². The second-order valence-corrected chi connectivity index (χ2v) is 7.14. The molecule has 4 amide bonds. The number of benzene rings is 1. The van der Waals surface area contributed by atoms with Gasteiger partial charge in [-0.25, -0.2) is 14.8 Å². The number of hydrogen-bond donors (Lipinski definition) is 3. The lowest BCUT2D eigenvalue weighted by molar-refractivity contribution is -0.131. The van der Waals surface area contributed by atoms with Gasteiger partial charge in [-0.2, -0.15) is 0 Å². The predicted octanol–water partition coefficient (Wildman–Crippen LogP) is 1.30. The van der Waals surface area contributed by atoms with E-state index in [1.807, 2.05) is 4.90 Å². The van der Waals surface area contributed by atoms with Crippen molar-refractivity contribution in [3.05, 3.63) is 36.7 Å². The summed E-state index contributed by atoms with van der Waals surface area (Å²) in [5.74, 6) is 0.868. The largest absolute Gasteiger partial charge is 0.495 e. The molecule has 1 aliphatic heterocycles. The topological polar surface area (TPSA) is 129 Å². The van der Waals surface area contributed by atoms with E-state index in [9.17, 15) is 14.4 Å². The van der Waals surface area contributed by atoms with Gasteiger partial charge in [0.05, 0.1) is 12.8 Å². The number of hydrogen-bond acceptors (Lipinski definition) is 7. The van der Waals surface area contributed by atoms with Crippen LogP contribution < -0.4 is 25.6 Å². The highest BCUT2D eigenvalue weighted by molar-refractivity contribution is 5.94. The van der Waals surface area contributed by atoms with Crippen LogP contribution in [-0.4, -0.2) is 72.5 Å². The Morgan fingerprint density at radius 3 is 2.44 bits per heavy atom. The van der Waals surface area contributed by atoms with Gasteiger partial charge in [0.1, 0.15) is 5.75 Å². The number of methoxy groups -OCH3 is 1. The summed E-state index contributed by atoms with van der Waals surface area (Å²) in [5.41, 5.74) is 0.936. The van der Waals surface area contributed by atoms with Gasteiger partial charge in [-0.15, -0.1) is 0 Å². The second kappa shape index (κ2) is 10.9. The molecule has 0 aliphatic carbocycles. The fraction of sp³-hybridized carbons (Fsp3) is 0.381. The van der Waals surface area contributed by atoms with Crippen LogP contribution in [0.3, 0.4) is 0 Å². The zero-order chi connectivity index (χ0) is 22.9. The number of carbonyl (C=O) groups is 3. The third-order valence-corrected chi connectivity index (χ3v) is 4.86. The van der Waals surface area contributed by atoms with Crippen molar-refractivity contribution >= 4 is 35.2 Å². The maximum Gasteiger partial charge on any atom is 0.319 e. The van der Waals surface area contributed by atoms with Crippen molar-refractivity contribution in [1.82, 2.24) is 20.2 Å². The Kier molecular flexibility index (Phi) is 7.79. The minimum absolute atomic E-state index is 0.0239. The van der Waals surface area contributed by atoms with E-state index in [-0.39, 0.29) is 24.8 Å². The minimum atomic E-state index is -0.470. The minimum Gasteiger partial charge on any atom is -0.495 e. The van der Waals surface area contributed by atoms with Gasteiger partial charge in [0.25, 0.3) is 0 Å². The van der Waals surface area contributed by atoms with Gasteiger partial charge in [-0.1, -0.05) is 0 Å². The third-order valence-electron chi connectivity index (χ3n) is 4.86. The molecule has 0 saturated carbocycles. The van der Waals surface area contributed by atoms with Crippen molar-refractivity contribution in [2.45, 2.75) is 13.3 Å². The van der Waals surface area contributed by atoms with Crippen LogP contribution in [0.2, 0.25) is 0 Å². The molecule has 3 N–H and O–H groups in total. The molecule has 11 nitrogen and oxygen atoms in total. The Balaban J connectivity index is 1.43. The summed E-state index contributed by atoms with van der Waals surface area (Å²) in [5, 5.41) is 8.01. The Bertz CT molecular complexity index is 946. The summed E-state index contributed by atoms with van der Waals surface area (Å²) < 4.78 is 5.24. The number of urea groups is 1. The van der Waals surface area contributed by atoms with Crippen LogP contribution >= 0.6 is 0 Å². The maximum atomic E-state index is 12.5. The smallest absolute Gasteiger partial charge is 0.319 e. The molecule has 1 aromatic carbocycles. The Labute approximate surface area is 186 Å². The zero-order valence-corrected chi connectivity index (χ0v) is 18.1. The Hall–Kier alpha value is -3.89. The van der Waals surface area contributed by atoms with Gasteiger partial charge >= 0.3 is 6.03 Å². The zero-order valence-electron chi connectivity index (χ0n) is 18.1. The number of nitrogens with zero attached hydrogens (tertiary/aromatic N) is 4. The highest BCUT2D eigenvalue weighted by Crippen LogP contribution is 2.27. The van der Waals surface area contributed by atoms with E-state index in [0.717, 1.165) is 0 Å². The van der Waals surface area contributed by atoms with E-state index in [4.69, 9.17) is 4.74 Å². The summed E-state index contributed by atoms with van der Waals surface area (Å²) in [6, 6.07) is 6.21. The third kappa shape index (κ3) is 6.30. The number of rotatable bonds is 7. The van der Waals surface area contributed by atoms with E-state index in [1.54, 1.807) is 41.6 Å². The highest BCUT2D eigenvalue weighted by atomic mass is 16.5. The van der Waals surface area contributed by atoms with Gasteiger partial charge in [0, 0.05) is 64.1 Å². The van der Waals surface area contributed by atoms with Gasteiger partial charge in [-0.3, -0.25) is 9.59 Å². The summed E-state index contributed by atoms with van der Waals surface area (Å²) in [4.78, 5) is 48.3. The monoisotopic (exact) mass is 441 g/mol. The van der Waals surface area contributed by atoms with E-state index >= 15 is 0 Å². The first-order valence-corrected chi connectivity index (χ1v) is 10.3. The molecule has 3 rings (SSSR count). The van der Waals surface area contributed by atoms with Gasteiger partial charge in [0.15, 0.2) is 0 Å². The van der Waals surface area contributed by atoms with E-state index in [0.29, 0.717) is 49.3 Å². The lowest BCUT2D eigenvalue weighted by Crippen LogP contribution is -2.49. The van der Waals surface area contributed by atoms with Crippen LogP contribution in [0.5, 0.6) is 5.75 Å². The predicted molar refractivity (Wildman–Crippen MR) is 120 cm³/mol. The molecule has 0 radical (unpaired) electrons. The van der Waals surface area contributed by atoms with E-state index in [1.165, 1.54) is 14.0 Å². The number of anilines is 3. The molecule has 0 spiro atoms. The van der Waals surface area contributed by atoms with Crippen molar-refractivity contribution < 1.29 is 19.1 Å². The summed E-state index contributed by atoms with van der Waals surface area (Å²) in [6.07, 6.45) is 3.59. The first-order chi connectivity index (χ1) is 15.5. The van der Waals surface area contributed by atoms with Crippen molar-refractivity contribution in [3.8, 4) is 5.75 Å². The van der Waals surface area contributed by atoms with Gasteiger partial charge < -0.3 is 30.5 Å². The van der Waals surface area contributed by atoms with Crippen LogP contribution in [0.25, 0.3) is 0 Å². The normalized spacial score (nSPS) is 13.3. The fourth-order valence-corrected chi connectivity index (χ4v) is 3.30. The fourth-order valence-electron chi connectivity index (χ4n) is 3.30. The molecule has 1 aromatic heterocycles. The van der Waals surface area contributed by atoms with Crippen LogP contribution in [-0.2, 0) is 9.59 Å². The number of aromatic nitrogens is 2. The Morgan fingerprint density at radius 2 is 1.78 bits per heavy atom. The summed E-state index contributed by atoms with van der Waals surface area (Å²) >= 11 is 0. The number of piperazine rings is 1. The summed E-state index contributed by atoms with van der Waals surface area (Å²) in [7, 11) is 1.48. The lowest BCUT2D eigenvalue weighted by Gasteiger charge is -2.34. The quantitative estimate of drug-likeness (QED) is 0.591. The maximum absolute atomic E-state index is 12.5. The molecule has 2 heterocycles. The molecule has 170 valence electrons. The average molecular weight is 441 g/mol. The molecule has 0 atom stereocenters. The molecule has 1 aliphatic rings. The number of nitrogens with one attached hydrogen (secondary N) is 3. The van der Waals surface area contributed by atoms with Gasteiger partial charge in [0.2, 0.25) is 17.8 Å². The summed E-state index contributed by atoms with van der Waals surface area (Å²) in [6.45, 7) is 4.08. The molecule has 32 heavy (non-hydrogen) atoms.